The van der Waals surface area contributed by atoms with Crippen molar-refractivity contribution in [2.24, 2.45) is 7.05 Å². The summed E-state index contributed by atoms with van der Waals surface area (Å²) in [6, 6.07) is 12.3. The number of hydrogen-bond donors (Lipinski definition) is 0. The molecule has 0 bridgehead atoms. The van der Waals surface area contributed by atoms with E-state index in [1.54, 1.807) is 13.1 Å². The van der Waals surface area contributed by atoms with E-state index >= 15 is 4.39 Å². The molecule has 0 amide bonds. The Balaban J connectivity index is 2.12. The third kappa shape index (κ3) is 2.88. The van der Waals surface area contributed by atoms with E-state index in [4.69, 9.17) is 1.37 Å². The summed E-state index contributed by atoms with van der Waals surface area (Å²) in [5, 5.41) is 1.69. The van der Waals surface area contributed by atoms with Gasteiger partial charge in [0.15, 0.2) is 5.69 Å². The summed E-state index contributed by atoms with van der Waals surface area (Å²) in [4.78, 5) is 4.20. The van der Waals surface area contributed by atoms with Crippen LogP contribution in [0.2, 0.25) is 0 Å². The molecule has 0 radical (unpaired) electrons. The molecule has 0 atom stereocenters. The minimum atomic E-state index is -0.196. The highest BCUT2D eigenvalue weighted by molar-refractivity contribution is 5.96. The van der Waals surface area contributed by atoms with Gasteiger partial charge in [-0.3, -0.25) is 4.98 Å². The summed E-state index contributed by atoms with van der Waals surface area (Å²) in [6.07, 6.45) is 3.56. The van der Waals surface area contributed by atoms with E-state index in [0.29, 0.717) is 17.2 Å². The second-order valence-corrected chi connectivity index (χ2v) is 7.44. The zero-order valence-corrected chi connectivity index (χ0v) is 16.9. The molecule has 0 aliphatic carbocycles. The van der Waals surface area contributed by atoms with E-state index in [-0.39, 0.29) is 5.82 Å². The summed E-state index contributed by atoms with van der Waals surface area (Å²) < 4.78 is 26.0. The summed E-state index contributed by atoms with van der Waals surface area (Å²) in [6.45, 7) is 7.70. The Morgan fingerprint density at radius 2 is 1.79 bits per heavy atom. The van der Waals surface area contributed by atoms with Crippen molar-refractivity contribution < 1.29 is 10.3 Å². The van der Waals surface area contributed by atoms with E-state index in [0.717, 1.165) is 44.4 Å². The molecule has 140 valence electrons. The summed E-state index contributed by atoms with van der Waals surface area (Å²) >= 11 is 0. The minimum absolute atomic E-state index is 0.196. The topological polar surface area (TPSA) is 16.8 Å². The summed E-state index contributed by atoms with van der Waals surface area (Å²) in [5.74, 6) is -0.196. The standard InChI is InChI=1S/C25H24FN2/c1-15-11-16(2)24(26)23(18(15)4)25-22-9-8-19(20-7-6-10-27-14-20)13-21(22)12-17(3)28(25)5/h6-14H,1-5H3/q+1/i12D. The molecule has 2 heterocycles. The number of hydrogen-bond acceptors (Lipinski definition) is 1. The number of aryl methyl sites for hydroxylation is 2. The average molecular weight is 372 g/mol. The van der Waals surface area contributed by atoms with Crippen molar-refractivity contribution in [3.63, 3.8) is 0 Å². The van der Waals surface area contributed by atoms with Crippen molar-refractivity contribution in [1.29, 1.82) is 0 Å². The van der Waals surface area contributed by atoms with Crippen molar-refractivity contribution in [2.45, 2.75) is 27.7 Å². The van der Waals surface area contributed by atoms with Crippen LogP contribution in [0.25, 0.3) is 33.2 Å². The third-order valence-corrected chi connectivity index (χ3v) is 5.63. The predicted molar refractivity (Wildman–Crippen MR) is 113 cm³/mol. The first kappa shape index (κ1) is 17.1. The van der Waals surface area contributed by atoms with Gasteiger partial charge in [0.2, 0.25) is 5.69 Å². The van der Waals surface area contributed by atoms with Crippen LogP contribution >= 0.6 is 0 Å². The largest absolute Gasteiger partial charge is 0.264 e. The Hall–Kier alpha value is -3.07. The number of aromatic nitrogens is 2. The van der Waals surface area contributed by atoms with Gasteiger partial charge in [-0.25, -0.2) is 4.39 Å². The molecule has 4 aromatic rings. The van der Waals surface area contributed by atoms with Gasteiger partial charge in [-0.2, -0.15) is 4.57 Å². The van der Waals surface area contributed by atoms with Crippen molar-refractivity contribution >= 4 is 10.8 Å². The molecular formula is C25H24FN2+. The first-order chi connectivity index (χ1) is 13.8. The minimum Gasteiger partial charge on any atom is -0.264 e. The highest BCUT2D eigenvalue weighted by atomic mass is 19.1. The van der Waals surface area contributed by atoms with Gasteiger partial charge < -0.3 is 0 Å². The Morgan fingerprint density at radius 3 is 2.50 bits per heavy atom. The van der Waals surface area contributed by atoms with Gasteiger partial charge >= 0.3 is 0 Å². The van der Waals surface area contributed by atoms with Crippen molar-refractivity contribution in [3.05, 3.63) is 83.0 Å². The maximum atomic E-state index is 15.3. The van der Waals surface area contributed by atoms with Gasteiger partial charge in [-0.15, -0.1) is 0 Å². The van der Waals surface area contributed by atoms with Crippen LogP contribution in [0.4, 0.5) is 4.39 Å². The van der Waals surface area contributed by atoms with E-state index in [1.165, 1.54) is 0 Å². The van der Waals surface area contributed by atoms with Crippen molar-refractivity contribution in [1.82, 2.24) is 4.98 Å². The molecule has 3 heteroatoms. The Labute approximate surface area is 166 Å². The van der Waals surface area contributed by atoms with Gasteiger partial charge in [0.05, 0.1) is 12.3 Å². The van der Waals surface area contributed by atoms with E-state index in [2.05, 4.69) is 4.98 Å². The monoisotopic (exact) mass is 372 g/mol. The normalized spacial score (nSPS) is 11.7. The number of nitrogens with zero attached hydrogens (tertiary/aromatic N) is 2. The van der Waals surface area contributed by atoms with Crippen LogP contribution in [0.5, 0.6) is 0 Å². The lowest BCUT2D eigenvalue weighted by Gasteiger charge is -2.14. The second kappa shape index (κ2) is 6.83. The quantitative estimate of drug-likeness (QED) is 0.408. The van der Waals surface area contributed by atoms with Crippen LogP contribution in [0.1, 0.15) is 23.8 Å². The van der Waals surface area contributed by atoms with Crippen molar-refractivity contribution in [2.75, 3.05) is 0 Å². The van der Waals surface area contributed by atoms with E-state index in [9.17, 15) is 0 Å². The van der Waals surface area contributed by atoms with Gasteiger partial charge in [-0.1, -0.05) is 18.2 Å². The van der Waals surface area contributed by atoms with Crippen molar-refractivity contribution in [3.8, 4) is 22.4 Å². The van der Waals surface area contributed by atoms with Crippen LogP contribution in [-0.4, -0.2) is 4.98 Å². The van der Waals surface area contributed by atoms with Crippen LogP contribution in [0, 0.1) is 33.5 Å². The molecule has 2 nitrogen and oxygen atoms in total. The van der Waals surface area contributed by atoms with Crippen LogP contribution in [-0.2, 0) is 7.05 Å². The number of rotatable bonds is 2. The summed E-state index contributed by atoms with van der Waals surface area (Å²) in [7, 11) is 1.91. The Kier molecular flexibility index (Phi) is 4.16. The lowest BCUT2D eigenvalue weighted by molar-refractivity contribution is -0.665. The zero-order valence-electron chi connectivity index (χ0n) is 17.9. The third-order valence-electron chi connectivity index (χ3n) is 5.63. The molecule has 0 aliphatic rings. The first-order valence-corrected chi connectivity index (χ1v) is 9.41. The molecule has 4 rings (SSSR count). The lowest BCUT2D eigenvalue weighted by Crippen LogP contribution is -2.35. The number of halogens is 1. The smallest absolute Gasteiger partial charge is 0.223 e. The Bertz CT molecular complexity index is 1240. The molecule has 2 aromatic carbocycles. The zero-order chi connectivity index (χ0) is 20.9. The number of fused-ring (bicyclic) bond motifs is 1. The van der Waals surface area contributed by atoms with Gasteiger partial charge in [-0.05, 0) is 66.6 Å². The van der Waals surface area contributed by atoms with E-state index in [1.807, 2.05) is 75.0 Å². The van der Waals surface area contributed by atoms with Crippen LogP contribution < -0.4 is 4.57 Å². The number of benzene rings is 2. The molecule has 0 N–H and O–H groups in total. The summed E-state index contributed by atoms with van der Waals surface area (Å²) in [5.41, 5.74) is 6.85. The molecule has 0 spiro atoms. The molecular weight excluding hydrogens is 347 g/mol. The van der Waals surface area contributed by atoms with E-state index < -0.39 is 0 Å². The highest BCUT2D eigenvalue weighted by Crippen LogP contribution is 2.35. The lowest BCUT2D eigenvalue weighted by atomic mass is 9.92. The van der Waals surface area contributed by atoms with Gasteiger partial charge in [0.1, 0.15) is 12.9 Å². The highest BCUT2D eigenvalue weighted by Gasteiger charge is 2.25. The van der Waals surface area contributed by atoms with Crippen LogP contribution in [0.15, 0.2) is 54.8 Å². The fourth-order valence-electron chi connectivity index (χ4n) is 3.83. The molecule has 0 saturated carbocycles. The molecule has 0 aliphatic heterocycles. The molecule has 0 fully saturated rings. The molecule has 0 unspecified atom stereocenters. The van der Waals surface area contributed by atoms with Gasteiger partial charge in [0, 0.05) is 30.9 Å². The molecule has 2 aromatic heterocycles. The second-order valence-electron chi connectivity index (χ2n) is 7.44. The fourth-order valence-corrected chi connectivity index (χ4v) is 3.83. The Morgan fingerprint density at radius 1 is 1.00 bits per heavy atom. The maximum absolute atomic E-state index is 15.3. The fraction of sp³-hybridized carbons (Fsp3) is 0.200. The molecule has 28 heavy (non-hydrogen) atoms. The predicted octanol–water partition coefficient (Wildman–Crippen LogP) is 5.77. The number of pyridine rings is 2. The molecule has 0 saturated heterocycles. The van der Waals surface area contributed by atoms with Gasteiger partial charge in [0.25, 0.3) is 0 Å². The average Bonchev–Trinajstić information content (AvgIpc) is 2.73. The first-order valence-electron chi connectivity index (χ1n) is 9.91. The SMILES string of the molecule is [2H]c1c(C)[n+](C)c(-c2c(C)c(C)cc(C)c2F)c2ccc(-c3cccnc3)cc12. The maximum Gasteiger partial charge on any atom is 0.223 e. The van der Waals surface area contributed by atoms with Crippen LogP contribution in [0.3, 0.4) is 0 Å².